The molecule has 0 aliphatic carbocycles. The largest absolute Gasteiger partial charge is 0.469 e. The van der Waals surface area contributed by atoms with Gasteiger partial charge < -0.3 is 4.74 Å². The van der Waals surface area contributed by atoms with Crippen LogP contribution in [0.5, 0.6) is 0 Å². The van der Waals surface area contributed by atoms with Crippen LogP contribution in [0.4, 0.5) is 0 Å². The number of carbonyl (C=O) groups excluding carboxylic acids is 1. The number of hydrogen-bond acceptors (Lipinski definition) is 4. The SMILES string of the molecule is COC(=O)CCN=C1CC(C)C(C)S1. The molecule has 1 aliphatic heterocycles. The molecule has 0 aromatic rings. The van der Waals surface area contributed by atoms with Gasteiger partial charge in [-0.05, 0) is 12.3 Å². The molecule has 2 atom stereocenters. The topological polar surface area (TPSA) is 38.7 Å². The molecule has 0 bridgehead atoms. The summed E-state index contributed by atoms with van der Waals surface area (Å²) in [5.74, 6) is 0.523. The Kier molecular flexibility index (Phi) is 4.45. The van der Waals surface area contributed by atoms with Crippen molar-refractivity contribution < 1.29 is 9.53 Å². The lowest BCUT2D eigenvalue weighted by Gasteiger charge is -2.02. The van der Waals surface area contributed by atoms with Crippen molar-refractivity contribution in [2.45, 2.75) is 31.9 Å². The number of esters is 1. The van der Waals surface area contributed by atoms with Crippen LogP contribution < -0.4 is 0 Å². The number of hydrogen-bond donors (Lipinski definition) is 0. The van der Waals surface area contributed by atoms with E-state index in [1.807, 2.05) is 11.8 Å². The maximum absolute atomic E-state index is 10.8. The number of thioether (sulfide) groups is 1. The quantitative estimate of drug-likeness (QED) is 0.677. The molecule has 0 aromatic heterocycles. The summed E-state index contributed by atoms with van der Waals surface area (Å²) in [5, 5.41) is 1.85. The lowest BCUT2D eigenvalue weighted by Crippen LogP contribution is -2.02. The number of methoxy groups -OCH3 is 1. The van der Waals surface area contributed by atoms with E-state index >= 15 is 0 Å². The van der Waals surface area contributed by atoms with Gasteiger partial charge in [-0.1, -0.05) is 13.8 Å². The predicted octanol–water partition coefficient (Wildman–Crippen LogP) is 2.11. The van der Waals surface area contributed by atoms with E-state index in [4.69, 9.17) is 0 Å². The molecule has 0 amide bonds. The first kappa shape index (κ1) is 11.6. The predicted molar refractivity (Wildman–Crippen MR) is 59.8 cm³/mol. The Hall–Kier alpha value is -0.510. The lowest BCUT2D eigenvalue weighted by molar-refractivity contribution is -0.140. The Bertz CT molecular complexity index is 228. The van der Waals surface area contributed by atoms with Crippen LogP contribution in [-0.4, -0.2) is 29.9 Å². The van der Waals surface area contributed by atoms with Gasteiger partial charge in [0.25, 0.3) is 0 Å². The van der Waals surface area contributed by atoms with Crippen LogP contribution >= 0.6 is 11.8 Å². The summed E-state index contributed by atoms with van der Waals surface area (Å²) in [4.78, 5) is 15.2. The maximum atomic E-state index is 10.8. The summed E-state index contributed by atoms with van der Waals surface area (Å²) in [6.45, 7) is 5.02. The van der Waals surface area contributed by atoms with Gasteiger partial charge >= 0.3 is 5.97 Å². The standard InChI is InChI=1S/C10H17NO2S/c1-7-6-9(14-8(7)2)11-5-4-10(12)13-3/h7-8H,4-6H2,1-3H3. The minimum Gasteiger partial charge on any atom is -0.469 e. The van der Waals surface area contributed by atoms with Gasteiger partial charge in [0.1, 0.15) is 0 Å². The third-order valence-corrected chi connectivity index (χ3v) is 3.86. The maximum Gasteiger partial charge on any atom is 0.307 e. The summed E-state index contributed by atoms with van der Waals surface area (Å²) in [6.07, 6.45) is 1.45. The summed E-state index contributed by atoms with van der Waals surface area (Å²) < 4.78 is 4.54. The van der Waals surface area contributed by atoms with Gasteiger partial charge in [0.05, 0.1) is 25.1 Å². The zero-order valence-electron chi connectivity index (χ0n) is 8.95. The molecule has 0 aromatic carbocycles. The van der Waals surface area contributed by atoms with Gasteiger partial charge in [-0.2, -0.15) is 0 Å². The minimum atomic E-state index is -0.182. The highest BCUT2D eigenvalue weighted by Crippen LogP contribution is 2.33. The first-order valence-electron chi connectivity index (χ1n) is 4.90. The van der Waals surface area contributed by atoms with Crippen molar-refractivity contribution in [1.82, 2.24) is 0 Å². The molecule has 14 heavy (non-hydrogen) atoms. The lowest BCUT2D eigenvalue weighted by atomic mass is 10.1. The molecule has 80 valence electrons. The van der Waals surface area contributed by atoms with E-state index in [9.17, 15) is 4.79 Å². The van der Waals surface area contributed by atoms with E-state index in [0.29, 0.717) is 24.1 Å². The second-order valence-electron chi connectivity index (χ2n) is 3.61. The fourth-order valence-electron chi connectivity index (χ4n) is 1.30. The molecule has 2 unspecified atom stereocenters. The van der Waals surface area contributed by atoms with Crippen LogP contribution in [0.2, 0.25) is 0 Å². The van der Waals surface area contributed by atoms with Crippen LogP contribution in [0.1, 0.15) is 26.7 Å². The van der Waals surface area contributed by atoms with E-state index < -0.39 is 0 Å². The Labute approximate surface area is 89.3 Å². The molecule has 1 rings (SSSR count). The summed E-state index contributed by atoms with van der Waals surface area (Å²) in [5.41, 5.74) is 0. The Morgan fingerprint density at radius 1 is 1.64 bits per heavy atom. The molecule has 1 fully saturated rings. The molecule has 3 nitrogen and oxygen atoms in total. The third-order valence-electron chi connectivity index (χ3n) is 2.45. The second kappa shape index (κ2) is 5.39. The van der Waals surface area contributed by atoms with Crippen LogP contribution in [0.15, 0.2) is 4.99 Å². The smallest absolute Gasteiger partial charge is 0.307 e. The first-order valence-corrected chi connectivity index (χ1v) is 5.78. The van der Waals surface area contributed by atoms with E-state index in [-0.39, 0.29) is 5.97 Å². The van der Waals surface area contributed by atoms with Crippen LogP contribution in [-0.2, 0) is 9.53 Å². The first-order chi connectivity index (χ1) is 6.63. The third kappa shape index (κ3) is 3.33. The van der Waals surface area contributed by atoms with Gasteiger partial charge in [-0.3, -0.25) is 9.79 Å². The minimum absolute atomic E-state index is 0.182. The van der Waals surface area contributed by atoms with Crippen molar-refractivity contribution in [1.29, 1.82) is 0 Å². The Morgan fingerprint density at radius 3 is 2.86 bits per heavy atom. The molecule has 0 spiro atoms. The van der Waals surface area contributed by atoms with Gasteiger partial charge in [-0.25, -0.2) is 0 Å². The van der Waals surface area contributed by atoms with E-state index in [2.05, 4.69) is 23.6 Å². The highest BCUT2D eigenvalue weighted by atomic mass is 32.2. The number of rotatable bonds is 3. The van der Waals surface area contributed by atoms with Crippen LogP contribution in [0, 0.1) is 5.92 Å². The molecule has 1 heterocycles. The molecule has 4 heteroatoms. The van der Waals surface area contributed by atoms with Gasteiger partial charge in [-0.15, -0.1) is 11.8 Å². The van der Waals surface area contributed by atoms with Crippen LogP contribution in [0.3, 0.4) is 0 Å². The van der Waals surface area contributed by atoms with Crippen molar-refractivity contribution >= 4 is 22.8 Å². The van der Waals surface area contributed by atoms with Gasteiger partial charge in [0.2, 0.25) is 0 Å². The highest BCUT2D eigenvalue weighted by molar-refractivity contribution is 8.14. The molecule has 1 saturated heterocycles. The summed E-state index contributed by atoms with van der Waals surface area (Å²) >= 11 is 1.83. The van der Waals surface area contributed by atoms with Crippen molar-refractivity contribution in [2.24, 2.45) is 10.9 Å². The molecular formula is C10H17NO2S. The normalized spacial score (nSPS) is 29.5. The van der Waals surface area contributed by atoms with E-state index in [1.165, 1.54) is 12.2 Å². The van der Waals surface area contributed by atoms with Crippen molar-refractivity contribution in [3.63, 3.8) is 0 Å². The summed E-state index contributed by atoms with van der Waals surface area (Å²) in [6, 6.07) is 0. The summed E-state index contributed by atoms with van der Waals surface area (Å²) in [7, 11) is 1.41. The molecule has 0 N–H and O–H groups in total. The molecular weight excluding hydrogens is 198 g/mol. The van der Waals surface area contributed by atoms with Crippen LogP contribution in [0.25, 0.3) is 0 Å². The van der Waals surface area contributed by atoms with Crippen molar-refractivity contribution in [3.05, 3.63) is 0 Å². The van der Waals surface area contributed by atoms with Crippen molar-refractivity contribution in [2.75, 3.05) is 13.7 Å². The average Bonchev–Trinajstić information content (AvgIpc) is 2.46. The zero-order valence-corrected chi connectivity index (χ0v) is 9.76. The van der Waals surface area contributed by atoms with Gasteiger partial charge in [0.15, 0.2) is 0 Å². The zero-order chi connectivity index (χ0) is 10.6. The molecule has 1 aliphatic rings. The Balaban J connectivity index is 2.29. The molecule has 0 radical (unpaired) electrons. The average molecular weight is 215 g/mol. The van der Waals surface area contributed by atoms with E-state index in [1.54, 1.807) is 0 Å². The highest BCUT2D eigenvalue weighted by Gasteiger charge is 2.24. The second-order valence-corrected chi connectivity index (χ2v) is 5.06. The van der Waals surface area contributed by atoms with Gasteiger partial charge in [0, 0.05) is 5.25 Å². The fraction of sp³-hybridized carbons (Fsp3) is 0.800. The molecule has 0 saturated carbocycles. The number of nitrogens with zero attached hydrogens (tertiary/aromatic N) is 1. The van der Waals surface area contributed by atoms with Crippen molar-refractivity contribution in [3.8, 4) is 0 Å². The fourth-order valence-corrected chi connectivity index (χ4v) is 2.58. The number of aliphatic imine (C=N–C) groups is 1. The van der Waals surface area contributed by atoms with E-state index in [0.717, 1.165) is 6.42 Å². The monoisotopic (exact) mass is 215 g/mol. The Morgan fingerprint density at radius 2 is 2.36 bits per heavy atom. The number of carbonyl (C=O) groups is 1. The number of ether oxygens (including phenoxy) is 1.